The molecule has 0 aliphatic carbocycles. The van der Waals surface area contributed by atoms with Crippen molar-refractivity contribution in [1.82, 2.24) is 0 Å². The minimum atomic E-state index is -0.0132. The molecule has 1 atom stereocenters. The van der Waals surface area contributed by atoms with Crippen LogP contribution < -0.4 is 9.64 Å². The van der Waals surface area contributed by atoms with Crippen LogP contribution in [0.5, 0.6) is 5.75 Å². The lowest BCUT2D eigenvalue weighted by Gasteiger charge is -2.21. The fraction of sp³-hybridized carbons (Fsp3) is 0.222. The van der Waals surface area contributed by atoms with Gasteiger partial charge in [-0.2, -0.15) is 0 Å². The highest BCUT2D eigenvalue weighted by Gasteiger charge is 2.36. The number of benzene rings is 2. The van der Waals surface area contributed by atoms with Gasteiger partial charge in [0.2, 0.25) is 0 Å². The lowest BCUT2D eigenvalue weighted by molar-refractivity contribution is 0.0987. The van der Waals surface area contributed by atoms with Crippen LogP contribution in [-0.2, 0) is 6.42 Å². The number of aliphatic imine (C=N–C) groups is 1. The SMILES string of the molecule is COc1cc2c(cc1C)N=CC1Cc3ccccc3N1C2=O. The predicted molar refractivity (Wildman–Crippen MR) is 86.6 cm³/mol. The van der Waals surface area contributed by atoms with Gasteiger partial charge in [0, 0.05) is 18.3 Å². The van der Waals surface area contributed by atoms with E-state index in [1.54, 1.807) is 13.2 Å². The number of hydrogen-bond donors (Lipinski definition) is 0. The molecular formula is C18H16N2O2. The molecule has 2 aliphatic heterocycles. The van der Waals surface area contributed by atoms with Crippen molar-refractivity contribution in [2.24, 2.45) is 4.99 Å². The molecule has 22 heavy (non-hydrogen) atoms. The maximum absolute atomic E-state index is 13.1. The van der Waals surface area contributed by atoms with Crippen molar-refractivity contribution < 1.29 is 9.53 Å². The summed E-state index contributed by atoms with van der Waals surface area (Å²) in [6, 6.07) is 11.7. The normalized spacial score (nSPS) is 18.5. The second kappa shape index (κ2) is 4.70. The number of anilines is 1. The number of fused-ring (bicyclic) bond motifs is 4. The van der Waals surface area contributed by atoms with Crippen molar-refractivity contribution in [3.05, 3.63) is 53.1 Å². The fourth-order valence-corrected chi connectivity index (χ4v) is 3.26. The molecular weight excluding hydrogens is 276 g/mol. The van der Waals surface area contributed by atoms with Crippen LogP contribution in [0, 0.1) is 6.92 Å². The topological polar surface area (TPSA) is 41.9 Å². The highest BCUT2D eigenvalue weighted by Crippen LogP contribution is 2.38. The summed E-state index contributed by atoms with van der Waals surface area (Å²) in [4.78, 5) is 19.5. The molecule has 2 aromatic rings. The second-order valence-electron chi connectivity index (χ2n) is 5.69. The quantitative estimate of drug-likeness (QED) is 0.809. The van der Waals surface area contributed by atoms with Crippen LogP contribution in [0.3, 0.4) is 0 Å². The molecule has 2 heterocycles. The summed E-state index contributed by atoms with van der Waals surface area (Å²) >= 11 is 0. The summed E-state index contributed by atoms with van der Waals surface area (Å²) in [5.74, 6) is 0.703. The molecule has 0 radical (unpaired) electrons. The smallest absolute Gasteiger partial charge is 0.261 e. The maximum Gasteiger partial charge on any atom is 0.261 e. The van der Waals surface area contributed by atoms with Gasteiger partial charge in [0.15, 0.2) is 0 Å². The molecule has 0 bridgehead atoms. The first kappa shape index (κ1) is 13.1. The average Bonchev–Trinajstić information content (AvgIpc) is 2.84. The number of methoxy groups -OCH3 is 1. The minimum Gasteiger partial charge on any atom is -0.496 e. The Kier molecular flexibility index (Phi) is 2.79. The van der Waals surface area contributed by atoms with Crippen LogP contribution in [0.2, 0.25) is 0 Å². The van der Waals surface area contributed by atoms with Gasteiger partial charge in [0.1, 0.15) is 5.75 Å². The van der Waals surface area contributed by atoms with Crippen molar-refractivity contribution >= 4 is 23.5 Å². The van der Waals surface area contributed by atoms with Crippen molar-refractivity contribution in [1.29, 1.82) is 0 Å². The lowest BCUT2D eigenvalue weighted by atomic mass is 10.1. The number of amides is 1. The van der Waals surface area contributed by atoms with Gasteiger partial charge in [-0.3, -0.25) is 14.7 Å². The Hall–Kier alpha value is -2.62. The highest BCUT2D eigenvalue weighted by molar-refractivity contribution is 6.14. The van der Waals surface area contributed by atoms with E-state index in [0.717, 1.165) is 23.4 Å². The molecule has 110 valence electrons. The average molecular weight is 292 g/mol. The number of ether oxygens (including phenoxy) is 1. The molecule has 1 amide bonds. The van der Waals surface area contributed by atoms with Gasteiger partial charge in [0.25, 0.3) is 5.91 Å². The summed E-state index contributed by atoms with van der Waals surface area (Å²) in [6.45, 7) is 1.96. The maximum atomic E-state index is 13.1. The Morgan fingerprint density at radius 2 is 2.09 bits per heavy atom. The molecule has 2 aliphatic rings. The molecule has 4 rings (SSSR count). The predicted octanol–water partition coefficient (Wildman–Crippen LogP) is 3.29. The Morgan fingerprint density at radius 1 is 1.27 bits per heavy atom. The number of hydrogen-bond acceptors (Lipinski definition) is 3. The van der Waals surface area contributed by atoms with E-state index in [9.17, 15) is 4.79 Å². The zero-order chi connectivity index (χ0) is 15.3. The Morgan fingerprint density at radius 3 is 2.91 bits per heavy atom. The third-order valence-corrected chi connectivity index (χ3v) is 4.36. The zero-order valence-electron chi connectivity index (χ0n) is 12.5. The first-order chi connectivity index (χ1) is 10.7. The number of para-hydroxylation sites is 1. The monoisotopic (exact) mass is 292 g/mol. The van der Waals surface area contributed by atoms with E-state index >= 15 is 0 Å². The molecule has 2 aromatic carbocycles. The molecule has 0 spiro atoms. The summed E-state index contributed by atoms with van der Waals surface area (Å²) in [6.07, 6.45) is 2.70. The number of carbonyl (C=O) groups excluding carboxylic acids is 1. The fourth-order valence-electron chi connectivity index (χ4n) is 3.26. The molecule has 4 nitrogen and oxygen atoms in total. The number of carbonyl (C=O) groups is 1. The number of nitrogens with zero attached hydrogens (tertiary/aromatic N) is 2. The van der Waals surface area contributed by atoms with Crippen LogP contribution in [0.15, 0.2) is 41.4 Å². The summed E-state index contributed by atoms with van der Waals surface area (Å²) in [7, 11) is 1.62. The molecule has 0 fully saturated rings. The first-order valence-electron chi connectivity index (χ1n) is 7.33. The van der Waals surface area contributed by atoms with E-state index in [1.165, 1.54) is 5.56 Å². The summed E-state index contributed by atoms with van der Waals surface area (Å²) in [5, 5.41) is 0. The van der Waals surface area contributed by atoms with Crippen LogP contribution in [0.4, 0.5) is 11.4 Å². The van der Waals surface area contributed by atoms with Gasteiger partial charge in [-0.15, -0.1) is 0 Å². The summed E-state index contributed by atoms with van der Waals surface area (Å²) in [5.41, 5.74) is 4.47. The zero-order valence-corrected chi connectivity index (χ0v) is 12.5. The second-order valence-corrected chi connectivity index (χ2v) is 5.69. The van der Waals surface area contributed by atoms with Crippen molar-refractivity contribution in [3.8, 4) is 5.75 Å². The molecule has 0 saturated carbocycles. The largest absolute Gasteiger partial charge is 0.496 e. The van der Waals surface area contributed by atoms with Crippen molar-refractivity contribution in [2.45, 2.75) is 19.4 Å². The van der Waals surface area contributed by atoms with E-state index in [1.807, 2.05) is 42.3 Å². The molecule has 4 heteroatoms. The van der Waals surface area contributed by atoms with E-state index in [-0.39, 0.29) is 11.9 Å². The molecule has 0 saturated heterocycles. The van der Waals surface area contributed by atoms with Gasteiger partial charge >= 0.3 is 0 Å². The minimum absolute atomic E-state index is 0.0106. The van der Waals surface area contributed by atoms with Crippen LogP contribution >= 0.6 is 0 Å². The first-order valence-corrected chi connectivity index (χ1v) is 7.33. The van der Waals surface area contributed by atoms with E-state index in [0.29, 0.717) is 11.3 Å². The third-order valence-electron chi connectivity index (χ3n) is 4.36. The number of aryl methyl sites for hydroxylation is 1. The Labute approximate surface area is 129 Å². The van der Waals surface area contributed by atoms with E-state index in [2.05, 4.69) is 11.1 Å². The highest BCUT2D eigenvalue weighted by atomic mass is 16.5. The van der Waals surface area contributed by atoms with Gasteiger partial charge in [-0.25, -0.2) is 0 Å². The standard InChI is InChI=1S/C18H16N2O2/c1-11-7-15-14(9-17(11)22-2)18(21)20-13(10-19-15)8-12-5-3-4-6-16(12)20/h3-7,9-10,13H,8H2,1-2H3. The van der Waals surface area contributed by atoms with Gasteiger partial charge in [0.05, 0.1) is 24.4 Å². The molecule has 0 N–H and O–H groups in total. The van der Waals surface area contributed by atoms with Gasteiger partial charge < -0.3 is 4.74 Å². The van der Waals surface area contributed by atoms with E-state index in [4.69, 9.17) is 4.74 Å². The Balaban J connectivity index is 1.88. The number of rotatable bonds is 1. The van der Waals surface area contributed by atoms with Gasteiger partial charge in [-0.05, 0) is 36.2 Å². The van der Waals surface area contributed by atoms with Crippen LogP contribution in [0.1, 0.15) is 21.5 Å². The molecule has 1 unspecified atom stereocenters. The van der Waals surface area contributed by atoms with E-state index < -0.39 is 0 Å². The Bertz CT molecular complexity index is 811. The van der Waals surface area contributed by atoms with Gasteiger partial charge in [-0.1, -0.05) is 18.2 Å². The third kappa shape index (κ3) is 1.77. The molecule has 0 aromatic heterocycles. The van der Waals surface area contributed by atoms with Crippen LogP contribution in [0.25, 0.3) is 0 Å². The van der Waals surface area contributed by atoms with Crippen molar-refractivity contribution in [2.75, 3.05) is 12.0 Å². The summed E-state index contributed by atoms with van der Waals surface area (Å²) < 4.78 is 5.36. The van der Waals surface area contributed by atoms with Crippen molar-refractivity contribution in [3.63, 3.8) is 0 Å². The van der Waals surface area contributed by atoms with Crippen LogP contribution in [-0.4, -0.2) is 25.3 Å². The lowest BCUT2D eigenvalue weighted by Crippen LogP contribution is -2.37.